The largest absolute Gasteiger partial charge is 0.504 e. The van der Waals surface area contributed by atoms with Gasteiger partial charge in [-0.3, -0.25) is 0 Å². The first-order valence-electron chi connectivity index (χ1n) is 18.0. The van der Waals surface area contributed by atoms with Crippen molar-refractivity contribution in [3.63, 3.8) is 0 Å². The van der Waals surface area contributed by atoms with Crippen LogP contribution in [-0.4, -0.2) is 24.4 Å². The van der Waals surface area contributed by atoms with Crippen molar-refractivity contribution in [1.82, 2.24) is 0 Å². The van der Waals surface area contributed by atoms with Crippen LogP contribution < -0.4 is 9.47 Å². The van der Waals surface area contributed by atoms with Crippen LogP contribution >= 0.6 is 0 Å². The second kappa shape index (κ2) is 23.8. The molecule has 48 heavy (non-hydrogen) atoms. The molecule has 0 spiro atoms. The number of hydrogen-bond acceptors (Lipinski definition) is 4. The molecule has 1 aromatic carbocycles. The zero-order valence-electron chi connectivity index (χ0n) is 32.4. The lowest BCUT2D eigenvalue weighted by Gasteiger charge is -2.17. The Kier molecular flexibility index (Phi) is 21.2. The Bertz CT molecular complexity index is 1360. The minimum Gasteiger partial charge on any atom is -0.504 e. The fraction of sp³-hybridized carbons (Fsp3) is 0.545. The maximum Gasteiger partial charge on any atom is 0.207 e. The molecule has 0 fully saturated rings. The molecule has 0 saturated carbocycles. The van der Waals surface area contributed by atoms with Crippen molar-refractivity contribution >= 4 is 0 Å². The SMILES string of the molecule is COc1c(O)c(C)c(C/C=C(\C)CC/C=C(\C)CC/C=C(\C)CC/C=C(/C)CC/C=C(\C)CC/C=C(/C)CCC=C(C)C)c(O)c1OC. The predicted octanol–water partition coefficient (Wildman–Crippen LogP) is 13.3. The van der Waals surface area contributed by atoms with Gasteiger partial charge in [-0.1, -0.05) is 81.5 Å². The fourth-order valence-corrected chi connectivity index (χ4v) is 5.68. The average molecular weight is 661 g/mol. The van der Waals surface area contributed by atoms with Crippen molar-refractivity contribution in [3.05, 3.63) is 92.7 Å². The van der Waals surface area contributed by atoms with E-state index in [1.807, 2.05) is 0 Å². The molecular weight excluding hydrogens is 592 g/mol. The summed E-state index contributed by atoms with van der Waals surface area (Å²) >= 11 is 0. The molecule has 2 N–H and O–H groups in total. The minimum absolute atomic E-state index is 0.00678. The monoisotopic (exact) mass is 661 g/mol. The topological polar surface area (TPSA) is 58.9 Å². The van der Waals surface area contributed by atoms with Gasteiger partial charge in [-0.2, -0.15) is 0 Å². The van der Waals surface area contributed by atoms with Gasteiger partial charge in [0.15, 0.2) is 11.5 Å². The van der Waals surface area contributed by atoms with Crippen LogP contribution in [0.2, 0.25) is 0 Å². The van der Waals surface area contributed by atoms with Gasteiger partial charge < -0.3 is 19.7 Å². The maximum atomic E-state index is 10.7. The summed E-state index contributed by atoms with van der Waals surface area (Å²) in [6.45, 7) is 19.5. The van der Waals surface area contributed by atoms with Gasteiger partial charge in [-0.25, -0.2) is 0 Å². The maximum absolute atomic E-state index is 10.7. The summed E-state index contributed by atoms with van der Waals surface area (Å²) < 4.78 is 10.5. The molecule has 0 atom stereocenters. The van der Waals surface area contributed by atoms with E-state index in [0.29, 0.717) is 17.5 Å². The van der Waals surface area contributed by atoms with Gasteiger partial charge in [0.2, 0.25) is 11.5 Å². The predicted molar refractivity (Wildman–Crippen MR) is 209 cm³/mol. The van der Waals surface area contributed by atoms with E-state index in [1.165, 1.54) is 66.1 Å². The Morgan fingerprint density at radius 3 is 1.06 bits per heavy atom. The highest BCUT2D eigenvalue weighted by atomic mass is 16.5. The molecule has 0 aliphatic rings. The number of phenolic OH excluding ortho intramolecular Hbond substituents is 2. The first kappa shape index (κ1) is 42.6. The van der Waals surface area contributed by atoms with E-state index in [-0.39, 0.29) is 23.0 Å². The van der Waals surface area contributed by atoms with Crippen LogP contribution in [0.1, 0.15) is 144 Å². The first-order valence-corrected chi connectivity index (χ1v) is 18.0. The second-order valence-corrected chi connectivity index (χ2v) is 13.9. The van der Waals surface area contributed by atoms with Gasteiger partial charge in [0.05, 0.1) is 14.2 Å². The summed E-state index contributed by atoms with van der Waals surface area (Å²) in [5.74, 6) is 0.357. The van der Waals surface area contributed by atoms with Crippen LogP contribution in [0.15, 0.2) is 81.5 Å². The molecule has 0 radical (unpaired) electrons. The molecule has 0 unspecified atom stereocenters. The van der Waals surface area contributed by atoms with E-state index in [0.717, 1.165) is 64.2 Å². The highest BCUT2D eigenvalue weighted by Gasteiger charge is 2.22. The van der Waals surface area contributed by atoms with Crippen LogP contribution in [0.3, 0.4) is 0 Å². The molecule has 4 heteroatoms. The Balaban J connectivity index is 2.40. The molecule has 0 heterocycles. The molecule has 0 aromatic heterocycles. The van der Waals surface area contributed by atoms with E-state index in [4.69, 9.17) is 9.47 Å². The summed E-state index contributed by atoms with van der Waals surface area (Å²) in [6, 6.07) is 0. The number of benzene rings is 1. The van der Waals surface area contributed by atoms with Crippen LogP contribution in [0.4, 0.5) is 0 Å². The molecule has 1 aromatic rings. The van der Waals surface area contributed by atoms with E-state index >= 15 is 0 Å². The zero-order valence-corrected chi connectivity index (χ0v) is 32.4. The van der Waals surface area contributed by atoms with Crippen LogP contribution in [0, 0.1) is 6.92 Å². The smallest absolute Gasteiger partial charge is 0.207 e. The number of phenols is 2. The molecule has 268 valence electrons. The minimum atomic E-state index is 0.00678. The molecule has 1 rings (SSSR count). The van der Waals surface area contributed by atoms with Gasteiger partial charge >= 0.3 is 0 Å². The quantitative estimate of drug-likeness (QED) is 0.0960. The van der Waals surface area contributed by atoms with Gasteiger partial charge in [-0.15, -0.1) is 0 Å². The number of aromatic hydroxyl groups is 2. The second-order valence-electron chi connectivity index (χ2n) is 13.9. The average Bonchev–Trinajstić information content (AvgIpc) is 3.02. The van der Waals surface area contributed by atoms with E-state index < -0.39 is 0 Å². The third-order valence-corrected chi connectivity index (χ3v) is 9.04. The molecular formula is C44H68O4. The van der Waals surface area contributed by atoms with Crippen LogP contribution in [0.25, 0.3) is 0 Å². The summed E-state index contributed by atoms with van der Waals surface area (Å²) in [5.41, 5.74) is 11.3. The van der Waals surface area contributed by atoms with Crippen molar-refractivity contribution in [2.24, 2.45) is 0 Å². The van der Waals surface area contributed by atoms with Gasteiger partial charge in [-0.05, 0) is 146 Å². The van der Waals surface area contributed by atoms with E-state index in [1.54, 1.807) is 6.92 Å². The molecule has 0 aliphatic heterocycles. The summed E-state index contributed by atoms with van der Waals surface area (Å²) in [6.07, 6.45) is 30.3. The highest BCUT2D eigenvalue weighted by molar-refractivity contribution is 5.66. The third-order valence-electron chi connectivity index (χ3n) is 9.04. The van der Waals surface area contributed by atoms with E-state index in [2.05, 4.69) is 97.9 Å². The standard InChI is InChI=1S/C44H68O4/c1-32(2)18-12-19-33(3)20-13-21-34(4)22-14-23-35(5)24-15-25-36(6)26-16-27-37(7)28-17-29-38(8)30-31-40-39(9)41(45)43(47-10)44(48-11)42(40)46/h18,20,22,24,26,28,30,45-46H,12-17,19,21,23,25,27,29,31H2,1-11H3/b33-20-,34-22+,35-24-,36-26+,37-28+,38-30+. The first-order chi connectivity index (χ1) is 22.8. The van der Waals surface area contributed by atoms with Crippen molar-refractivity contribution in [2.45, 2.75) is 146 Å². The van der Waals surface area contributed by atoms with Gasteiger partial charge in [0.25, 0.3) is 0 Å². The molecule has 4 nitrogen and oxygen atoms in total. The van der Waals surface area contributed by atoms with Crippen molar-refractivity contribution in [2.75, 3.05) is 14.2 Å². The lowest BCUT2D eigenvalue weighted by atomic mass is 9.99. The Labute approximate surface area is 294 Å². The summed E-state index contributed by atoms with van der Waals surface area (Å²) in [5, 5.41) is 21.2. The number of rotatable bonds is 22. The highest BCUT2D eigenvalue weighted by Crippen LogP contribution is 2.48. The lowest BCUT2D eigenvalue weighted by Crippen LogP contribution is -1.98. The van der Waals surface area contributed by atoms with E-state index in [9.17, 15) is 10.2 Å². The number of ether oxygens (including phenoxy) is 2. The van der Waals surface area contributed by atoms with Gasteiger partial charge in [0.1, 0.15) is 0 Å². The molecule has 0 bridgehead atoms. The lowest BCUT2D eigenvalue weighted by molar-refractivity contribution is 0.314. The van der Waals surface area contributed by atoms with Gasteiger partial charge in [0, 0.05) is 11.1 Å². The fourth-order valence-electron chi connectivity index (χ4n) is 5.68. The van der Waals surface area contributed by atoms with Crippen molar-refractivity contribution < 1.29 is 19.7 Å². The van der Waals surface area contributed by atoms with Crippen molar-refractivity contribution in [1.29, 1.82) is 0 Å². The normalized spacial score (nSPS) is 13.6. The Hall–Kier alpha value is -3.40. The van der Waals surface area contributed by atoms with Crippen LogP contribution in [-0.2, 0) is 6.42 Å². The molecule has 0 aliphatic carbocycles. The van der Waals surface area contributed by atoms with Crippen LogP contribution in [0.5, 0.6) is 23.0 Å². The Morgan fingerprint density at radius 2 is 0.750 bits per heavy atom. The summed E-state index contributed by atoms with van der Waals surface area (Å²) in [4.78, 5) is 0. The molecule has 0 amide bonds. The molecule has 0 saturated heterocycles. The Morgan fingerprint density at radius 1 is 0.458 bits per heavy atom. The summed E-state index contributed by atoms with van der Waals surface area (Å²) in [7, 11) is 2.91. The zero-order chi connectivity index (χ0) is 36.1. The number of allylic oxidation sites excluding steroid dienone is 14. The third kappa shape index (κ3) is 17.1. The number of methoxy groups -OCH3 is 2. The number of hydrogen-bond donors (Lipinski definition) is 2. The van der Waals surface area contributed by atoms with Crippen molar-refractivity contribution in [3.8, 4) is 23.0 Å².